The van der Waals surface area contributed by atoms with E-state index >= 15 is 0 Å². The standard InChI is InChI=1S/C16H18N2O3/c1-10-5-4-6-13(17)15(10)18-16(19)12-9-11(20-2)7-8-14(12)21-3/h4-9H,17H2,1-3H3,(H,18,19). The number of nitrogen functional groups attached to an aromatic ring is 1. The normalized spacial score (nSPS) is 10.0. The summed E-state index contributed by atoms with van der Waals surface area (Å²) >= 11 is 0. The molecule has 1 amide bonds. The van der Waals surface area contributed by atoms with Crippen molar-refractivity contribution in [2.75, 3.05) is 25.3 Å². The molecule has 5 heteroatoms. The summed E-state index contributed by atoms with van der Waals surface area (Å²) in [6.07, 6.45) is 0. The summed E-state index contributed by atoms with van der Waals surface area (Å²) in [6, 6.07) is 10.5. The number of ether oxygens (including phenoxy) is 2. The van der Waals surface area contributed by atoms with Gasteiger partial charge in [-0.05, 0) is 36.8 Å². The van der Waals surface area contributed by atoms with Crippen LogP contribution < -0.4 is 20.5 Å². The lowest BCUT2D eigenvalue weighted by Crippen LogP contribution is -2.15. The van der Waals surface area contributed by atoms with Gasteiger partial charge in [-0.2, -0.15) is 0 Å². The summed E-state index contributed by atoms with van der Waals surface area (Å²) in [5.74, 6) is 0.755. The molecular weight excluding hydrogens is 268 g/mol. The van der Waals surface area contributed by atoms with E-state index in [0.29, 0.717) is 28.4 Å². The number of nitrogens with one attached hydrogen (secondary N) is 1. The molecule has 0 aliphatic heterocycles. The van der Waals surface area contributed by atoms with Crippen LogP contribution in [0.3, 0.4) is 0 Å². The maximum Gasteiger partial charge on any atom is 0.259 e. The number of rotatable bonds is 4. The molecule has 3 N–H and O–H groups in total. The first-order valence-electron chi connectivity index (χ1n) is 6.45. The molecule has 110 valence electrons. The Bertz CT molecular complexity index is 648. The van der Waals surface area contributed by atoms with E-state index in [1.54, 1.807) is 31.4 Å². The molecule has 0 bridgehead atoms. The molecule has 0 radical (unpaired) electrons. The SMILES string of the molecule is COc1ccc(OC)c(C(=O)Nc2c(C)cccc2N)c1. The first kappa shape index (κ1) is 14.7. The van der Waals surface area contributed by atoms with Crippen LogP contribution in [-0.2, 0) is 0 Å². The predicted molar refractivity (Wildman–Crippen MR) is 83.1 cm³/mol. The highest BCUT2D eigenvalue weighted by Crippen LogP contribution is 2.27. The summed E-state index contributed by atoms with van der Waals surface area (Å²) in [7, 11) is 3.06. The molecule has 0 heterocycles. The second-order valence-corrected chi connectivity index (χ2v) is 4.56. The van der Waals surface area contributed by atoms with Crippen molar-refractivity contribution in [3.05, 3.63) is 47.5 Å². The van der Waals surface area contributed by atoms with Crippen LogP contribution in [-0.4, -0.2) is 20.1 Å². The molecule has 0 aliphatic carbocycles. The second kappa shape index (κ2) is 6.17. The molecule has 2 aromatic carbocycles. The van der Waals surface area contributed by atoms with Crippen molar-refractivity contribution in [2.24, 2.45) is 0 Å². The monoisotopic (exact) mass is 286 g/mol. The Kier molecular flexibility index (Phi) is 4.33. The van der Waals surface area contributed by atoms with Gasteiger partial charge in [-0.15, -0.1) is 0 Å². The Morgan fingerprint density at radius 1 is 1.14 bits per heavy atom. The third-order valence-corrected chi connectivity index (χ3v) is 3.19. The van der Waals surface area contributed by atoms with E-state index in [2.05, 4.69) is 5.32 Å². The molecule has 2 aromatic rings. The molecule has 2 rings (SSSR count). The van der Waals surface area contributed by atoms with Crippen LogP contribution in [0.1, 0.15) is 15.9 Å². The molecule has 0 aliphatic rings. The van der Waals surface area contributed by atoms with Crippen molar-refractivity contribution in [3.63, 3.8) is 0 Å². The van der Waals surface area contributed by atoms with E-state index in [4.69, 9.17) is 15.2 Å². The zero-order chi connectivity index (χ0) is 15.4. The van der Waals surface area contributed by atoms with Gasteiger partial charge < -0.3 is 20.5 Å². The molecule has 0 saturated heterocycles. The fourth-order valence-corrected chi connectivity index (χ4v) is 2.03. The van der Waals surface area contributed by atoms with Crippen molar-refractivity contribution < 1.29 is 14.3 Å². The largest absolute Gasteiger partial charge is 0.497 e. The number of benzene rings is 2. The number of carbonyl (C=O) groups is 1. The van der Waals surface area contributed by atoms with Gasteiger partial charge in [0.15, 0.2) is 0 Å². The quantitative estimate of drug-likeness (QED) is 0.848. The minimum absolute atomic E-state index is 0.299. The van der Waals surface area contributed by atoms with Crippen LogP contribution in [0.25, 0.3) is 0 Å². The Hall–Kier alpha value is -2.69. The zero-order valence-corrected chi connectivity index (χ0v) is 12.3. The lowest BCUT2D eigenvalue weighted by molar-refractivity contribution is 0.102. The summed E-state index contributed by atoms with van der Waals surface area (Å²) in [4.78, 5) is 12.5. The van der Waals surface area contributed by atoms with E-state index in [9.17, 15) is 4.79 Å². The van der Waals surface area contributed by atoms with Gasteiger partial charge in [0.2, 0.25) is 0 Å². The zero-order valence-electron chi connectivity index (χ0n) is 12.3. The fraction of sp³-hybridized carbons (Fsp3) is 0.188. The topological polar surface area (TPSA) is 73.6 Å². The van der Waals surface area contributed by atoms with Gasteiger partial charge in [0.25, 0.3) is 5.91 Å². The smallest absolute Gasteiger partial charge is 0.259 e. The van der Waals surface area contributed by atoms with Crippen molar-refractivity contribution in [1.82, 2.24) is 0 Å². The highest BCUT2D eigenvalue weighted by molar-refractivity contribution is 6.08. The lowest BCUT2D eigenvalue weighted by atomic mass is 10.1. The average molecular weight is 286 g/mol. The number of carbonyl (C=O) groups excluding carboxylic acids is 1. The van der Waals surface area contributed by atoms with E-state index in [0.717, 1.165) is 5.56 Å². The minimum atomic E-state index is -0.299. The van der Waals surface area contributed by atoms with E-state index in [1.165, 1.54) is 7.11 Å². The molecule has 21 heavy (non-hydrogen) atoms. The average Bonchev–Trinajstić information content (AvgIpc) is 2.50. The number of hydrogen-bond donors (Lipinski definition) is 2. The molecular formula is C16H18N2O3. The van der Waals surface area contributed by atoms with Gasteiger partial charge in [-0.1, -0.05) is 12.1 Å². The number of hydrogen-bond acceptors (Lipinski definition) is 4. The van der Waals surface area contributed by atoms with Crippen LogP contribution >= 0.6 is 0 Å². The molecule has 0 aromatic heterocycles. The van der Waals surface area contributed by atoms with E-state index < -0.39 is 0 Å². The Labute approximate surface area is 123 Å². The van der Waals surface area contributed by atoms with Gasteiger partial charge in [0.1, 0.15) is 11.5 Å². The van der Waals surface area contributed by atoms with Gasteiger partial charge in [-0.25, -0.2) is 0 Å². The number of anilines is 2. The number of methoxy groups -OCH3 is 2. The number of para-hydroxylation sites is 1. The second-order valence-electron chi connectivity index (χ2n) is 4.56. The Morgan fingerprint density at radius 3 is 2.52 bits per heavy atom. The van der Waals surface area contributed by atoms with Gasteiger partial charge in [0, 0.05) is 0 Å². The lowest BCUT2D eigenvalue weighted by Gasteiger charge is -2.13. The number of aryl methyl sites for hydroxylation is 1. The first-order valence-corrected chi connectivity index (χ1v) is 6.45. The van der Waals surface area contributed by atoms with Crippen molar-refractivity contribution >= 4 is 17.3 Å². The molecule has 5 nitrogen and oxygen atoms in total. The predicted octanol–water partition coefficient (Wildman–Crippen LogP) is 2.85. The Morgan fingerprint density at radius 2 is 1.90 bits per heavy atom. The van der Waals surface area contributed by atoms with Crippen molar-refractivity contribution in [3.8, 4) is 11.5 Å². The molecule has 0 atom stereocenters. The minimum Gasteiger partial charge on any atom is -0.497 e. The Balaban J connectivity index is 2.36. The molecule has 0 saturated carbocycles. The highest BCUT2D eigenvalue weighted by atomic mass is 16.5. The van der Waals surface area contributed by atoms with E-state index in [-0.39, 0.29) is 5.91 Å². The summed E-state index contributed by atoms with van der Waals surface area (Å²) in [5.41, 5.74) is 8.31. The van der Waals surface area contributed by atoms with Crippen LogP contribution in [0, 0.1) is 6.92 Å². The highest BCUT2D eigenvalue weighted by Gasteiger charge is 2.15. The fourth-order valence-electron chi connectivity index (χ4n) is 2.03. The molecule has 0 fully saturated rings. The van der Waals surface area contributed by atoms with Gasteiger partial charge >= 0.3 is 0 Å². The third-order valence-electron chi connectivity index (χ3n) is 3.19. The maximum atomic E-state index is 12.5. The summed E-state index contributed by atoms with van der Waals surface area (Å²) in [5, 5.41) is 2.82. The van der Waals surface area contributed by atoms with Gasteiger partial charge in [-0.3, -0.25) is 4.79 Å². The first-order chi connectivity index (χ1) is 10.1. The van der Waals surface area contributed by atoms with Crippen molar-refractivity contribution in [2.45, 2.75) is 6.92 Å². The number of nitrogens with two attached hydrogens (primary N) is 1. The maximum absolute atomic E-state index is 12.5. The number of amides is 1. The van der Waals surface area contributed by atoms with Gasteiger partial charge in [0.05, 0.1) is 31.2 Å². The van der Waals surface area contributed by atoms with Crippen LogP contribution in [0.15, 0.2) is 36.4 Å². The van der Waals surface area contributed by atoms with Crippen LogP contribution in [0.5, 0.6) is 11.5 Å². The molecule has 0 spiro atoms. The molecule has 0 unspecified atom stereocenters. The third kappa shape index (κ3) is 3.08. The van der Waals surface area contributed by atoms with Crippen LogP contribution in [0.2, 0.25) is 0 Å². The van der Waals surface area contributed by atoms with Crippen molar-refractivity contribution in [1.29, 1.82) is 0 Å². The van der Waals surface area contributed by atoms with E-state index in [1.807, 2.05) is 19.1 Å². The summed E-state index contributed by atoms with van der Waals surface area (Å²) in [6.45, 7) is 1.88. The van der Waals surface area contributed by atoms with Crippen LogP contribution in [0.4, 0.5) is 11.4 Å². The summed E-state index contributed by atoms with van der Waals surface area (Å²) < 4.78 is 10.4.